The Labute approximate surface area is 93.5 Å². The number of aromatic nitrogens is 1. The second-order valence-corrected chi connectivity index (χ2v) is 3.55. The molecule has 0 radical (unpaired) electrons. The Hall–Kier alpha value is -2.33. The van der Waals surface area contributed by atoms with Crippen molar-refractivity contribution in [3.63, 3.8) is 0 Å². The number of terminal acetylenes is 1. The van der Waals surface area contributed by atoms with Gasteiger partial charge in [-0.25, -0.2) is 4.98 Å². The minimum Gasteiger partial charge on any atom is -0.308 e. The first-order chi connectivity index (χ1) is 7.76. The fraction of sp³-hybridized carbons (Fsp3) is 0.250. The van der Waals surface area contributed by atoms with E-state index >= 15 is 0 Å². The van der Waals surface area contributed by atoms with Gasteiger partial charge < -0.3 is 4.90 Å². The molecule has 0 bridgehead atoms. The van der Waals surface area contributed by atoms with Crippen LogP contribution in [0.5, 0.6) is 0 Å². The highest BCUT2D eigenvalue weighted by Gasteiger charge is 2.30. The summed E-state index contributed by atoms with van der Waals surface area (Å²) in [5.74, 6) is 2.45. The highest BCUT2D eigenvalue weighted by molar-refractivity contribution is 5.97. The summed E-state index contributed by atoms with van der Waals surface area (Å²) < 4.78 is 0. The van der Waals surface area contributed by atoms with Gasteiger partial charge in [-0.2, -0.15) is 5.26 Å². The third-order valence-corrected chi connectivity index (χ3v) is 2.54. The first-order valence-corrected chi connectivity index (χ1v) is 4.88. The van der Waals surface area contributed by atoms with E-state index in [0.717, 1.165) is 0 Å². The number of pyridine rings is 1. The van der Waals surface area contributed by atoms with Crippen molar-refractivity contribution in [1.29, 1.82) is 5.26 Å². The van der Waals surface area contributed by atoms with Crippen molar-refractivity contribution in [3.8, 4) is 18.4 Å². The summed E-state index contributed by atoms with van der Waals surface area (Å²) in [5, 5.41) is 8.90. The molecule has 1 atom stereocenters. The lowest BCUT2D eigenvalue weighted by molar-refractivity contribution is -0.117. The van der Waals surface area contributed by atoms with Crippen molar-refractivity contribution < 1.29 is 4.79 Å². The van der Waals surface area contributed by atoms with Gasteiger partial charge in [0.25, 0.3) is 0 Å². The van der Waals surface area contributed by atoms with E-state index in [9.17, 15) is 4.79 Å². The standard InChI is InChI=1S/C12H9N3O/c1-2-9-6-12(16)15(8-9)11-4-3-5-14-10(11)7-13/h1,3-5,9H,6,8H2. The first-order valence-electron chi connectivity index (χ1n) is 4.88. The van der Waals surface area contributed by atoms with E-state index < -0.39 is 0 Å². The highest BCUT2D eigenvalue weighted by atomic mass is 16.2. The van der Waals surface area contributed by atoms with E-state index in [0.29, 0.717) is 18.7 Å². The molecule has 0 aromatic carbocycles. The second kappa shape index (κ2) is 4.04. The molecule has 2 heterocycles. The van der Waals surface area contributed by atoms with Crippen molar-refractivity contribution in [1.82, 2.24) is 4.98 Å². The van der Waals surface area contributed by atoms with Gasteiger partial charge in [-0.05, 0) is 12.1 Å². The van der Waals surface area contributed by atoms with Gasteiger partial charge in [-0.15, -0.1) is 12.3 Å². The molecule has 1 fully saturated rings. The number of nitriles is 1. The number of rotatable bonds is 1. The van der Waals surface area contributed by atoms with E-state index in [1.165, 1.54) is 11.1 Å². The number of hydrogen-bond acceptors (Lipinski definition) is 3. The Morgan fingerprint density at radius 1 is 1.62 bits per heavy atom. The molecule has 1 unspecified atom stereocenters. The molecule has 1 aromatic heterocycles. The van der Waals surface area contributed by atoms with Crippen LogP contribution in [0.2, 0.25) is 0 Å². The summed E-state index contributed by atoms with van der Waals surface area (Å²) in [6.07, 6.45) is 7.17. The molecule has 1 amide bonds. The summed E-state index contributed by atoms with van der Waals surface area (Å²) in [6, 6.07) is 5.38. The minimum absolute atomic E-state index is 0.0487. The monoisotopic (exact) mass is 211 g/mol. The lowest BCUT2D eigenvalue weighted by Crippen LogP contribution is -2.25. The van der Waals surface area contributed by atoms with Gasteiger partial charge in [0.2, 0.25) is 5.91 Å². The SMILES string of the molecule is C#CC1CC(=O)N(c2cccnc2C#N)C1. The van der Waals surface area contributed by atoms with E-state index in [1.54, 1.807) is 12.1 Å². The van der Waals surface area contributed by atoms with Crippen molar-refractivity contribution in [2.75, 3.05) is 11.4 Å². The van der Waals surface area contributed by atoms with Crippen LogP contribution in [0.25, 0.3) is 0 Å². The van der Waals surface area contributed by atoms with Gasteiger partial charge >= 0.3 is 0 Å². The van der Waals surface area contributed by atoms with Crippen LogP contribution in [-0.4, -0.2) is 17.4 Å². The van der Waals surface area contributed by atoms with Gasteiger partial charge in [0.15, 0.2) is 5.69 Å². The predicted octanol–water partition coefficient (Wildman–Crippen LogP) is 0.939. The second-order valence-electron chi connectivity index (χ2n) is 3.55. The van der Waals surface area contributed by atoms with Crippen LogP contribution in [0.1, 0.15) is 12.1 Å². The number of hydrogen-bond donors (Lipinski definition) is 0. The van der Waals surface area contributed by atoms with E-state index in [-0.39, 0.29) is 17.5 Å². The van der Waals surface area contributed by atoms with Gasteiger partial charge in [0.1, 0.15) is 6.07 Å². The van der Waals surface area contributed by atoms with Crippen LogP contribution in [0, 0.1) is 29.6 Å². The summed E-state index contributed by atoms with van der Waals surface area (Å²) in [4.78, 5) is 17.2. The van der Waals surface area contributed by atoms with E-state index in [1.807, 2.05) is 6.07 Å². The summed E-state index contributed by atoms with van der Waals surface area (Å²) in [6.45, 7) is 0.468. The number of nitrogens with zero attached hydrogens (tertiary/aromatic N) is 3. The zero-order valence-corrected chi connectivity index (χ0v) is 8.55. The molecule has 0 aliphatic carbocycles. The minimum atomic E-state index is -0.0701. The molecule has 4 heteroatoms. The molecule has 2 rings (SSSR count). The lowest BCUT2D eigenvalue weighted by atomic mass is 10.1. The maximum atomic E-state index is 11.7. The Bertz CT molecular complexity index is 510. The molecule has 1 aromatic rings. The molecule has 0 N–H and O–H groups in total. The van der Waals surface area contributed by atoms with E-state index in [4.69, 9.17) is 11.7 Å². The topological polar surface area (TPSA) is 57.0 Å². The summed E-state index contributed by atoms with van der Waals surface area (Å²) in [7, 11) is 0. The zero-order chi connectivity index (χ0) is 11.5. The summed E-state index contributed by atoms with van der Waals surface area (Å²) in [5.41, 5.74) is 0.807. The number of amides is 1. The Balaban J connectivity index is 2.36. The summed E-state index contributed by atoms with van der Waals surface area (Å²) >= 11 is 0. The van der Waals surface area contributed by atoms with Crippen LogP contribution in [-0.2, 0) is 4.79 Å². The number of carbonyl (C=O) groups excluding carboxylic acids is 1. The molecule has 0 saturated carbocycles. The fourth-order valence-electron chi connectivity index (χ4n) is 1.75. The van der Waals surface area contributed by atoms with Crippen molar-refractivity contribution in [3.05, 3.63) is 24.0 Å². The molecule has 1 aliphatic rings. The Morgan fingerprint density at radius 3 is 3.06 bits per heavy atom. The average molecular weight is 211 g/mol. The lowest BCUT2D eigenvalue weighted by Gasteiger charge is -2.16. The third-order valence-electron chi connectivity index (χ3n) is 2.54. The van der Waals surface area contributed by atoms with Crippen molar-refractivity contribution in [2.45, 2.75) is 6.42 Å². The number of carbonyl (C=O) groups is 1. The molecule has 4 nitrogen and oxygen atoms in total. The Morgan fingerprint density at radius 2 is 2.44 bits per heavy atom. The fourth-order valence-corrected chi connectivity index (χ4v) is 1.75. The molecule has 1 aliphatic heterocycles. The highest BCUT2D eigenvalue weighted by Crippen LogP contribution is 2.26. The van der Waals surface area contributed by atoms with Crippen LogP contribution < -0.4 is 4.90 Å². The average Bonchev–Trinajstić information content (AvgIpc) is 2.70. The van der Waals surface area contributed by atoms with Crippen LogP contribution in [0.4, 0.5) is 5.69 Å². The molecule has 78 valence electrons. The smallest absolute Gasteiger partial charge is 0.228 e. The molecular weight excluding hydrogens is 202 g/mol. The van der Waals surface area contributed by atoms with Gasteiger partial charge in [0, 0.05) is 25.1 Å². The zero-order valence-electron chi connectivity index (χ0n) is 8.55. The third kappa shape index (κ3) is 1.62. The normalized spacial score (nSPS) is 19.2. The largest absolute Gasteiger partial charge is 0.308 e. The molecular formula is C12H9N3O. The predicted molar refractivity (Wildman–Crippen MR) is 58.2 cm³/mol. The van der Waals surface area contributed by atoms with Crippen LogP contribution >= 0.6 is 0 Å². The molecule has 1 saturated heterocycles. The Kier molecular flexibility index (Phi) is 2.57. The quantitative estimate of drug-likeness (QED) is 0.649. The maximum Gasteiger partial charge on any atom is 0.228 e. The van der Waals surface area contributed by atoms with Crippen LogP contribution in [0.3, 0.4) is 0 Å². The van der Waals surface area contributed by atoms with Crippen molar-refractivity contribution in [2.24, 2.45) is 5.92 Å². The van der Waals surface area contributed by atoms with E-state index in [2.05, 4.69) is 10.9 Å². The maximum absolute atomic E-state index is 11.7. The molecule has 16 heavy (non-hydrogen) atoms. The molecule has 0 spiro atoms. The number of anilines is 1. The van der Waals surface area contributed by atoms with Gasteiger partial charge in [0.05, 0.1) is 5.69 Å². The first kappa shape index (κ1) is 10.2. The van der Waals surface area contributed by atoms with Gasteiger partial charge in [-0.1, -0.05) is 0 Å². The van der Waals surface area contributed by atoms with Crippen LogP contribution in [0.15, 0.2) is 18.3 Å². The van der Waals surface area contributed by atoms with Gasteiger partial charge in [-0.3, -0.25) is 4.79 Å². The van der Waals surface area contributed by atoms with Crippen molar-refractivity contribution >= 4 is 11.6 Å².